The van der Waals surface area contributed by atoms with Crippen molar-refractivity contribution in [3.05, 3.63) is 53.1 Å². The molecule has 0 fully saturated rings. The van der Waals surface area contributed by atoms with E-state index in [1.165, 1.54) is 24.3 Å². The third-order valence-electron chi connectivity index (χ3n) is 1.96. The highest BCUT2D eigenvalue weighted by Gasteiger charge is 2.07. The van der Waals surface area contributed by atoms with Gasteiger partial charge in [0, 0.05) is 16.8 Å². The number of carboxylic acid groups (broad SMARTS) is 1. The Hall–Kier alpha value is -2.07. The second kappa shape index (κ2) is 6.61. The van der Waals surface area contributed by atoms with E-state index in [0.29, 0.717) is 5.69 Å². The lowest BCUT2D eigenvalue weighted by Gasteiger charge is -2.04. The van der Waals surface area contributed by atoms with Gasteiger partial charge in [0.05, 0.1) is 5.56 Å². The molecular weight excluding hydrogens is 254 g/mol. The van der Waals surface area contributed by atoms with E-state index in [1.54, 1.807) is 18.2 Å². The maximum Gasteiger partial charge on any atom is 0.335 e. The molecule has 0 atom stereocenters. The topological polar surface area (TPSA) is 66.4 Å². The average Bonchev–Trinajstić information content (AvgIpc) is 2.28. The van der Waals surface area contributed by atoms with Crippen LogP contribution in [0.25, 0.3) is 0 Å². The number of benzene rings is 1. The molecule has 1 amide bonds. The SMILES string of the molecule is CC=CC=CC(=O)Nc1cc(Cl)cc(C(=O)O)c1. The van der Waals surface area contributed by atoms with Crippen molar-refractivity contribution in [2.75, 3.05) is 5.32 Å². The number of carbonyl (C=O) groups excluding carboxylic acids is 1. The lowest BCUT2D eigenvalue weighted by atomic mass is 10.2. The number of amides is 1. The van der Waals surface area contributed by atoms with Crippen LogP contribution in [-0.4, -0.2) is 17.0 Å². The van der Waals surface area contributed by atoms with E-state index in [1.807, 2.05) is 6.92 Å². The Kier molecular flexibility index (Phi) is 5.14. The third-order valence-corrected chi connectivity index (χ3v) is 2.18. The summed E-state index contributed by atoms with van der Waals surface area (Å²) in [7, 11) is 0. The summed E-state index contributed by atoms with van der Waals surface area (Å²) in [6.07, 6.45) is 6.41. The fraction of sp³-hybridized carbons (Fsp3) is 0.0769. The smallest absolute Gasteiger partial charge is 0.335 e. The van der Waals surface area contributed by atoms with Gasteiger partial charge in [0.25, 0.3) is 0 Å². The molecule has 0 radical (unpaired) electrons. The normalized spacial score (nSPS) is 11.0. The molecule has 0 aliphatic heterocycles. The summed E-state index contributed by atoms with van der Waals surface area (Å²) in [6.45, 7) is 1.83. The number of rotatable bonds is 4. The van der Waals surface area contributed by atoms with Crippen LogP contribution < -0.4 is 5.32 Å². The van der Waals surface area contributed by atoms with Crippen molar-refractivity contribution in [1.29, 1.82) is 0 Å². The standard InChI is InChI=1S/C13H12ClNO3/c1-2-3-4-5-12(16)15-11-7-9(13(17)18)6-10(14)8-11/h2-8H,1H3,(H,15,16)(H,17,18). The number of nitrogens with one attached hydrogen (secondary N) is 1. The summed E-state index contributed by atoms with van der Waals surface area (Å²) in [5, 5.41) is 11.6. The van der Waals surface area contributed by atoms with Crippen LogP contribution in [0.3, 0.4) is 0 Å². The molecule has 5 heteroatoms. The number of hydrogen-bond acceptors (Lipinski definition) is 2. The quantitative estimate of drug-likeness (QED) is 0.649. The fourth-order valence-electron chi connectivity index (χ4n) is 1.22. The Morgan fingerprint density at radius 2 is 2.00 bits per heavy atom. The Labute approximate surface area is 110 Å². The van der Waals surface area contributed by atoms with E-state index in [4.69, 9.17) is 16.7 Å². The van der Waals surface area contributed by atoms with Crippen LogP contribution in [-0.2, 0) is 4.79 Å². The molecule has 4 nitrogen and oxygen atoms in total. The molecule has 0 bridgehead atoms. The highest BCUT2D eigenvalue weighted by Crippen LogP contribution is 2.19. The van der Waals surface area contributed by atoms with Crippen molar-refractivity contribution in [2.24, 2.45) is 0 Å². The first-order valence-corrected chi connectivity index (χ1v) is 5.55. The molecule has 0 aliphatic rings. The van der Waals surface area contributed by atoms with Gasteiger partial charge in [-0.1, -0.05) is 29.8 Å². The van der Waals surface area contributed by atoms with Crippen molar-refractivity contribution < 1.29 is 14.7 Å². The number of halogens is 1. The molecule has 2 N–H and O–H groups in total. The van der Waals surface area contributed by atoms with Gasteiger partial charge in [-0.25, -0.2) is 4.79 Å². The molecule has 1 rings (SSSR count). The monoisotopic (exact) mass is 265 g/mol. The molecule has 0 heterocycles. The molecule has 0 saturated carbocycles. The van der Waals surface area contributed by atoms with Gasteiger partial charge in [-0.3, -0.25) is 4.79 Å². The minimum absolute atomic E-state index is 0.0234. The van der Waals surface area contributed by atoms with E-state index in [-0.39, 0.29) is 16.5 Å². The van der Waals surface area contributed by atoms with Gasteiger partial charge in [0.1, 0.15) is 0 Å². The number of hydrogen-bond donors (Lipinski definition) is 2. The Bertz CT molecular complexity index is 521. The molecule has 94 valence electrons. The molecule has 0 aromatic heterocycles. The van der Waals surface area contributed by atoms with Crippen molar-refractivity contribution in [2.45, 2.75) is 6.92 Å². The van der Waals surface area contributed by atoms with Gasteiger partial charge in [-0.2, -0.15) is 0 Å². The van der Waals surface area contributed by atoms with E-state index in [0.717, 1.165) is 0 Å². The fourth-order valence-corrected chi connectivity index (χ4v) is 1.46. The highest BCUT2D eigenvalue weighted by atomic mass is 35.5. The number of allylic oxidation sites excluding steroid dienone is 3. The van der Waals surface area contributed by atoms with Gasteiger partial charge in [-0.05, 0) is 25.1 Å². The molecular formula is C13H12ClNO3. The predicted octanol–water partition coefficient (Wildman–Crippen LogP) is 3.11. The summed E-state index contributed by atoms with van der Waals surface area (Å²) in [6, 6.07) is 4.14. The Morgan fingerprint density at radius 1 is 1.28 bits per heavy atom. The van der Waals surface area contributed by atoms with Gasteiger partial charge >= 0.3 is 5.97 Å². The number of anilines is 1. The zero-order valence-corrected chi connectivity index (χ0v) is 10.4. The molecule has 0 aliphatic carbocycles. The number of carboxylic acids is 1. The minimum atomic E-state index is -1.10. The number of carbonyl (C=O) groups is 2. The van der Waals surface area contributed by atoms with Gasteiger partial charge in [-0.15, -0.1) is 0 Å². The van der Waals surface area contributed by atoms with Crippen LogP contribution in [0.2, 0.25) is 5.02 Å². The molecule has 0 unspecified atom stereocenters. The second-order valence-electron chi connectivity index (χ2n) is 3.41. The van der Waals surface area contributed by atoms with Gasteiger partial charge < -0.3 is 10.4 Å². The zero-order chi connectivity index (χ0) is 13.5. The van der Waals surface area contributed by atoms with Crippen LogP contribution in [0.4, 0.5) is 5.69 Å². The third kappa shape index (κ3) is 4.43. The summed E-state index contributed by atoms with van der Waals surface area (Å²) in [5.41, 5.74) is 0.366. The Morgan fingerprint density at radius 3 is 2.61 bits per heavy atom. The first-order chi connectivity index (χ1) is 8.52. The van der Waals surface area contributed by atoms with Crippen LogP contribution in [0, 0.1) is 0 Å². The summed E-state index contributed by atoms with van der Waals surface area (Å²) in [4.78, 5) is 22.3. The largest absolute Gasteiger partial charge is 0.478 e. The molecule has 0 spiro atoms. The Balaban J connectivity index is 2.84. The van der Waals surface area contributed by atoms with E-state index >= 15 is 0 Å². The van der Waals surface area contributed by atoms with Crippen LogP contribution in [0.5, 0.6) is 0 Å². The first kappa shape index (κ1) is 14.0. The van der Waals surface area contributed by atoms with E-state index in [9.17, 15) is 9.59 Å². The van der Waals surface area contributed by atoms with E-state index in [2.05, 4.69) is 5.32 Å². The molecule has 18 heavy (non-hydrogen) atoms. The zero-order valence-electron chi connectivity index (χ0n) is 9.68. The molecule has 0 saturated heterocycles. The van der Waals surface area contributed by atoms with Gasteiger partial charge in [0.15, 0.2) is 0 Å². The van der Waals surface area contributed by atoms with Crippen molar-refractivity contribution >= 4 is 29.2 Å². The maximum atomic E-state index is 11.5. The van der Waals surface area contributed by atoms with Crippen LogP contribution in [0.1, 0.15) is 17.3 Å². The average molecular weight is 266 g/mol. The predicted molar refractivity (Wildman–Crippen MR) is 71.0 cm³/mol. The first-order valence-electron chi connectivity index (χ1n) is 5.17. The second-order valence-corrected chi connectivity index (χ2v) is 3.84. The number of aromatic carboxylic acids is 1. The van der Waals surface area contributed by atoms with Crippen molar-refractivity contribution in [1.82, 2.24) is 0 Å². The van der Waals surface area contributed by atoms with Crippen LogP contribution in [0.15, 0.2) is 42.5 Å². The maximum absolute atomic E-state index is 11.5. The lowest BCUT2D eigenvalue weighted by molar-refractivity contribution is -0.111. The summed E-state index contributed by atoms with van der Waals surface area (Å²) in [5.74, 6) is -1.45. The lowest BCUT2D eigenvalue weighted by Crippen LogP contribution is -2.08. The van der Waals surface area contributed by atoms with Crippen molar-refractivity contribution in [3.63, 3.8) is 0 Å². The van der Waals surface area contributed by atoms with Crippen LogP contribution >= 0.6 is 11.6 Å². The summed E-state index contributed by atoms with van der Waals surface area (Å²) < 4.78 is 0. The molecule has 1 aromatic rings. The molecule has 1 aromatic carbocycles. The van der Waals surface area contributed by atoms with E-state index < -0.39 is 5.97 Å². The van der Waals surface area contributed by atoms with Crippen molar-refractivity contribution in [3.8, 4) is 0 Å². The van der Waals surface area contributed by atoms with Gasteiger partial charge in [0.2, 0.25) is 5.91 Å². The summed E-state index contributed by atoms with van der Waals surface area (Å²) >= 11 is 5.76. The highest BCUT2D eigenvalue weighted by molar-refractivity contribution is 6.31. The minimum Gasteiger partial charge on any atom is -0.478 e.